The summed E-state index contributed by atoms with van der Waals surface area (Å²) in [7, 11) is -4.06. The lowest BCUT2D eigenvalue weighted by molar-refractivity contribution is 0.102. The molecule has 0 spiro atoms. The molecule has 0 saturated heterocycles. The van der Waals surface area contributed by atoms with Crippen LogP contribution in [-0.4, -0.2) is 36.7 Å². The minimum absolute atomic E-state index is 0.0236. The molecule has 30 heavy (non-hydrogen) atoms. The van der Waals surface area contributed by atoms with Gasteiger partial charge >= 0.3 is 0 Å². The van der Waals surface area contributed by atoms with E-state index >= 15 is 0 Å². The number of nitrogens with zero attached hydrogens (tertiary/aromatic N) is 2. The summed E-state index contributed by atoms with van der Waals surface area (Å²) in [6, 6.07) is 6.09. The third-order valence-corrected chi connectivity index (χ3v) is 5.66. The number of carbonyl (C=O) groups excluding carboxylic acids is 1. The van der Waals surface area contributed by atoms with Crippen molar-refractivity contribution in [1.29, 1.82) is 0 Å². The molecule has 1 aromatic heterocycles. The number of anilines is 2. The van der Waals surface area contributed by atoms with Crippen molar-refractivity contribution in [2.75, 3.05) is 22.5 Å². The Hall–Kier alpha value is -2.92. The first-order valence-electron chi connectivity index (χ1n) is 8.48. The molecule has 0 aliphatic heterocycles. The number of nitrogens with one attached hydrogen (secondary N) is 2. The summed E-state index contributed by atoms with van der Waals surface area (Å²) in [5.41, 5.74) is -1.31. The van der Waals surface area contributed by atoms with Crippen LogP contribution in [0.25, 0.3) is 10.9 Å². The molecular formula is C18H14ClF3N4O3S. The van der Waals surface area contributed by atoms with Gasteiger partial charge in [-0.2, -0.15) is 0 Å². The molecule has 12 heteroatoms. The molecule has 0 atom stereocenters. The first-order valence-corrected chi connectivity index (χ1v) is 10.5. The Morgan fingerprint density at radius 3 is 2.63 bits per heavy atom. The molecular weight excluding hydrogens is 445 g/mol. The van der Waals surface area contributed by atoms with Crippen LogP contribution in [0.1, 0.15) is 16.8 Å². The Balaban J connectivity index is 1.94. The van der Waals surface area contributed by atoms with Gasteiger partial charge in [-0.1, -0.05) is 17.7 Å². The number of fused-ring (bicyclic) bond motifs is 1. The Morgan fingerprint density at radius 2 is 1.90 bits per heavy atom. The molecule has 0 bridgehead atoms. The average Bonchev–Trinajstić information content (AvgIpc) is 2.71. The lowest BCUT2D eigenvalue weighted by Gasteiger charge is -2.13. The van der Waals surface area contributed by atoms with Crippen molar-refractivity contribution >= 4 is 49.8 Å². The molecule has 1 amide bonds. The molecule has 158 valence electrons. The van der Waals surface area contributed by atoms with Crippen LogP contribution < -0.4 is 10.0 Å². The van der Waals surface area contributed by atoms with Gasteiger partial charge in [-0.05, 0) is 30.7 Å². The number of para-hydroxylation sites is 1. The zero-order valence-corrected chi connectivity index (χ0v) is 16.7. The molecule has 0 radical (unpaired) electrons. The molecule has 7 nitrogen and oxygen atoms in total. The van der Waals surface area contributed by atoms with Gasteiger partial charge in [0.1, 0.15) is 23.0 Å². The number of hydrogen-bond donors (Lipinski definition) is 2. The predicted molar refractivity (Wildman–Crippen MR) is 107 cm³/mol. The Bertz CT molecular complexity index is 1220. The minimum atomic E-state index is -4.06. The standard InChI is InChI=1S/C18H14ClF3N4O3S/c19-17-10-3-1-4-11(15(10)23-9-24-17)18(27)25-16-12(21)5-6-13(14(16)22)26-30(28,29)8-2-7-20/h1,3-6,9,26H,2,7-8H2,(H,25,27). The first-order chi connectivity index (χ1) is 14.2. The average molecular weight is 459 g/mol. The number of rotatable bonds is 7. The minimum Gasteiger partial charge on any atom is -0.317 e. The molecule has 0 aliphatic rings. The molecule has 3 aromatic rings. The van der Waals surface area contributed by atoms with Crippen molar-refractivity contribution in [2.24, 2.45) is 0 Å². The van der Waals surface area contributed by atoms with E-state index in [1.165, 1.54) is 12.1 Å². The lowest BCUT2D eigenvalue weighted by atomic mass is 10.1. The van der Waals surface area contributed by atoms with E-state index in [1.807, 2.05) is 4.72 Å². The quantitative estimate of drug-likeness (QED) is 0.523. The van der Waals surface area contributed by atoms with Crippen LogP contribution in [0.4, 0.5) is 24.5 Å². The summed E-state index contributed by atoms with van der Waals surface area (Å²) in [6.45, 7) is -0.868. The van der Waals surface area contributed by atoms with Gasteiger partial charge in [0.2, 0.25) is 10.0 Å². The highest BCUT2D eigenvalue weighted by molar-refractivity contribution is 7.92. The largest absolute Gasteiger partial charge is 0.317 e. The smallest absolute Gasteiger partial charge is 0.258 e. The maximum Gasteiger partial charge on any atom is 0.258 e. The van der Waals surface area contributed by atoms with E-state index < -0.39 is 51.4 Å². The number of hydrogen-bond acceptors (Lipinski definition) is 5. The van der Waals surface area contributed by atoms with Crippen molar-refractivity contribution in [3.8, 4) is 0 Å². The van der Waals surface area contributed by atoms with Crippen LogP contribution in [0.15, 0.2) is 36.7 Å². The summed E-state index contributed by atoms with van der Waals surface area (Å²) in [5.74, 6) is -3.94. The van der Waals surface area contributed by atoms with Crippen LogP contribution in [-0.2, 0) is 10.0 Å². The molecule has 0 saturated carbocycles. The van der Waals surface area contributed by atoms with Gasteiger partial charge in [0.25, 0.3) is 5.91 Å². The fourth-order valence-corrected chi connectivity index (χ4v) is 3.91. The van der Waals surface area contributed by atoms with Crippen molar-refractivity contribution in [1.82, 2.24) is 9.97 Å². The Morgan fingerprint density at radius 1 is 1.13 bits per heavy atom. The fourth-order valence-electron chi connectivity index (χ4n) is 2.63. The summed E-state index contributed by atoms with van der Waals surface area (Å²) in [6.07, 6.45) is 0.850. The van der Waals surface area contributed by atoms with Crippen molar-refractivity contribution in [3.63, 3.8) is 0 Å². The van der Waals surface area contributed by atoms with Gasteiger partial charge in [0, 0.05) is 5.39 Å². The number of amides is 1. The summed E-state index contributed by atoms with van der Waals surface area (Å²) in [4.78, 5) is 20.4. The van der Waals surface area contributed by atoms with E-state index in [9.17, 15) is 26.4 Å². The van der Waals surface area contributed by atoms with Crippen molar-refractivity contribution in [2.45, 2.75) is 6.42 Å². The molecule has 2 N–H and O–H groups in total. The first kappa shape index (κ1) is 21.8. The number of carbonyl (C=O) groups is 1. The van der Waals surface area contributed by atoms with Crippen LogP contribution in [0, 0.1) is 11.6 Å². The molecule has 0 unspecified atom stereocenters. The van der Waals surface area contributed by atoms with Crippen LogP contribution in [0.5, 0.6) is 0 Å². The Kier molecular flexibility index (Phi) is 6.42. The third-order valence-electron chi connectivity index (χ3n) is 4.00. The summed E-state index contributed by atoms with van der Waals surface area (Å²) < 4.78 is 66.8. The van der Waals surface area contributed by atoms with Crippen molar-refractivity contribution in [3.05, 3.63) is 59.0 Å². The highest BCUT2D eigenvalue weighted by Gasteiger charge is 2.21. The van der Waals surface area contributed by atoms with Gasteiger partial charge in [0.05, 0.1) is 29.2 Å². The second-order valence-corrected chi connectivity index (χ2v) is 8.27. The normalized spacial score (nSPS) is 11.5. The van der Waals surface area contributed by atoms with E-state index in [-0.39, 0.29) is 22.7 Å². The van der Waals surface area contributed by atoms with Crippen LogP contribution >= 0.6 is 11.6 Å². The van der Waals surface area contributed by atoms with E-state index in [0.717, 1.165) is 18.5 Å². The van der Waals surface area contributed by atoms with Gasteiger partial charge in [0.15, 0.2) is 5.82 Å². The third kappa shape index (κ3) is 4.62. The van der Waals surface area contributed by atoms with Gasteiger partial charge in [-0.25, -0.2) is 27.2 Å². The number of aromatic nitrogens is 2. The van der Waals surface area contributed by atoms with E-state index in [1.54, 1.807) is 6.07 Å². The molecule has 3 rings (SSSR count). The monoisotopic (exact) mass is 458 g/mol. The second-order valence-electron chi connectivity index (χ2n) is 6.07. The molecule has 2 aromatic carbocycles. The van der Waals surface area contributed by atoms with Crippen LogP contribution in [0.2, 0.25) is 5.15 Å². The number of alkyl halides is 1. The highest BCUT2D eigenvalue weighted by atomic mass is 35.5. The SMILES string of the molecule is O=C(Nc1c(F)ccc(NS(=O)(=O)CCCF)c1F)c1cccc2c(Cl)ncnc12. The maximum absolute atomic E-state index is 14.7. The predicted octanol–water partition coefficient (Wildman–Crippen LogP) is 3.92. The van der Waals surface area contributed by atoms with Crippen molar-refractivity contribution < 1.29 is 26.4 Å². The zero-order valence-electron chi connectivity index (χ0n) is 15.1. The van der Waals surface area contributed by atoms with Gasteiger partial charge in [-0.15, -0.1) is 0 Å². The number of benzene rings is 2. The number of halogens is 4. The molecule has 0 fully saturated rings. The fraction of sp³-hybridized carbons (Fsp3) is 0.167. The maximum atomic E-state index is 14.7. The molecule has 1 heterocycles. The van der Waals surface area contributed by atoms with E-state index in [2.05, 4.69) is 15.3 Å². The second kappa shape index (κ2) is 8.84. The van der Waals surface area contributed by atoms with Crippen LogP contribution in [0.3, 0.4) is 0 Å². The van der Waals surface area contributed by atoms with E-state index in [4.69, 9.17) is 11.6 Å². The highest BCUT2D eigenvalue weighted by Crippen LogP contribution is 2.28. The summed E-state index contributed by atoms with van der Waals surface area (Å²) >= 11 is 5.97. The topological polar surface area (TPSA) is 101 Å². The summed E-state index contributed by atoms with van der Waals surface area (Å²) in [5, 5.41) is 2.55. The lowest BCUT2D eigenvalue weighted by Crippen LogP contribution is -2.20. The van der Waals surface area contributed by atoms with Gasteiger partial charge in [-0.3, -0.25) is 13.9 Å². The van der Waals surface area contributed by atoms with Gasteiger partial charge < -0.3 is 5.32 Å². The van der Waals surface area contributed by atoms with E-state index in [0.29, 0.717) is 5.39 Å². The Labute approximate surface area is 174 Å². The zero-order chi connectivity index (χ0) is 21.9. The number of sulfonamides is 1. The molecule has 0 aliphatic carbocycles.